The summed E-state index contributed by atoms with van der Waals surface area (Å²) in [6.45, 7) is 6.81. The third kappa shape index (κ3) is 5.16. The molecule has 1 amide bonds. The van der Waals surface area contributed by atoms with Gasteiger partial charge in [-0.3, -0.25) is 14.5 Å². The molecular weight excluding hydrogens is 466 g/mol. The molecule has 180 valence electrons. The molecule has 0 bridgehead atoms. The Morgan fingerprint density at radius 2 is 2.00 bits per heavy atom. The molecule has 0 spiro atoms. The lowest BCUT2D eigenvalue weighted by molar-refractivity contribution is -0.118. The summed E-state index contributed by atoms with van der Waals surface area (Å²) in [5, 5.41) is 3.85. The number of carbonyl (C=O) groups is 1. The second-order valence-corrected chi connectivity index (χ2v) is 11.1. The summed E-state index contributed by atoms with van der Waals surface area (Å²) in [5.74, 6) is 1.56. The number of hydrogen-bond acceptors (Lipinski definition) is 7. The Morgan fingerprint density at radius 3 is 2.79 bits per heavy atom. The number of H-pyrrole nitrogens is 1. The third-order valence-corrected chi connectivity index (χ3v) is 8.88. The van der Waals surface area contributed by atoms with E-state index in [0.717, 1.165) is 55.7 Å². The third-order valence-electron chi connectivity index (χ3n) is 6.75. The maximum Gasteiger partial charge on any atom is 0.259 e. The fourth-order valence-electron chi connectivity index (χ4n) is 4.86. The van der Waals surface area contributed by atoms with Gasteiger partial charge in [-0.2, -0.15) is 0 Å². The van der Waals surface area contributed by atoms with Crippen LogP contribution in [-0.2, 0) is 23.4 Å². The van der Waals surface area contributed by atoms with Crippen molar-refractivity contribution in [2.45, 2.75) is 38.0 Å². The van der Waals surface area contributed by atoms with Crippen molar-refractivity contribution in [1.29, 1.82) is 0 Å². The number of anilines is 1. The number of amides is 1. The topological polar surface area (TPSA) is 81.3 Å². The highest BCUT2D eigenvalue weighted by molar-refractivity contribution is 7.99. The molecule has 2 aromatic heterocycles. The highest BCUT2D eigenvalue weighted by Gasteiger charge is 2.22. The predicted molar refractivity (Wildman–Crippen MR) is 141 cm³/mol. The van der Waals surface area contributed by atoms with Gasteiger partial charge in [-0.25, -0.2) is 4.98 Å². The van der Waals surface area contributed by atoms with Gasteiger partial charge in [-0.1, -0.05) is 18.2 Å². The second kappa shape index (κ2) is 10.5. The molecule has 1 fully saturated rings. The Hall–Kier alpha value is -2.36. The van der Waals surface area contributed by atoms with Crippen molar-refractivity contribution in [2.75, 3.05) is 43.4 Å². The number of nitrogens with zero attached hydrogens (tertiary/aromatic N) is 3. The van der Waals surface area contributed by atoms with E-state index in [9.17, 15) is 9.59 Å². The van der Waals surface area contributed by atoms with Gasteiger partial charge in [-0.15, -0.1) is 23.1 Å². The number of benzene rings is 1. The number of rotatable bonds is 8. The lowest BCUT2D eigenvalue weighted by Crippen LogP contribution is -2.52. The molecule has 34 heavy (non-hydrogen) atoms. The molecule has 0 saturated carbocycles. The number of aryl methyl sites for hydroxylation is 2. The number of thiophene rings is 1. The molecule has 3 heterocycles. The minimum atomic E-state index is -0.0364. The molecule has 1 aliphatic carbocycles. The lowest BCUT2D eigenvalue weighted by Gasteiger charge is -2.39. The zero-order valence-electron chi connectivity index (χ0n) is 19.5. The van der Waals surface area contributed by atoms with Gasteiger partial charge < -0.3 is 15.2 Å². The van der Waals surface area contributed by atoms with E-state index in [1.165, 1.54) is 27.9 Å². The largest absolute Gasteiger partial charge is 0.369 e. The Kier molecular flexibility index (Phi) is 7.22. The number of carbonyl (C=O) groups excluding carboxylic acids is 1. The van der Waals surface area contributed by atoms with Gasteiger partial charge in [0.25, 0.3) is 5.56 Å². The first-order chi connectivity index (χ1) is 16.6. The lowest BCUT2D eigenvalue weighted by atomic mass is 10.2. The molecule has 2 N–H and O–H groups in total. The van der Waals surface area contributed by atoms with Crippen LogP contribution in [0.1, 0.15) is 29.6 Å². The number of thioether (sulfide) groups is 1. The van der Waals surface area contributed by atoms with Crippen molar-refractivity contribution < 1.29 is 4.79 Å². The highest BCUT2D eigenvalue weighted by atomic mass is 32.2. The van der Waals surface area contributed by atoms with Gasteiger partial charge in [0.1, 0.15) is 10.7 Å². The Labute approximate surface area is 207 Å². The van der Waals surface area contributed by atoms with Gasteiger partial charge in [0.2, 0.25) is 5.91 Å². The number of piperazine rings is 1. The van der Waals surface area contributed by atoms with Crippen molar-refractivity contribution in [3.63, 3.8) is 0 Å². The number of hydrogen-bond donors (Lipinski definition) is 2. The van der Waals surface area contributed by atoms with E-state index in [0.29, 0.717) is 29.9 Å². The van der Waals surface area contributed by atoms with E-state index in [1.54, 1.807) is 11.3 Å². The van der Waals surface area contributed by atoms with Gasteiger partial charge in [-0.05, 0) is 43.9 Å². The predicted octanol–water partition coefficient (Wildman–Crippen LogP) is 3.03. The fourth-order valence-corrected chi connectivity index (χ4v) is 6.86. The van der Waals surface area contributed by atoms with E-state index in [-0.39, 0.29) is 11.5 Å². The van der Waals surface area contributed by atoms with E-state index >= 15 is 0 Å². The molecule has 1 unspecified atom stereocenters. The standard InChI is InChI=1S/C25H31N5O2S2/c1-17(29-10-12-30(13-11-29)18-6-3-2-4-7-18)14-26-22(31)16-33-15-21-27-24(32)23-19-8-5-9-20(19)34-25(23)28-21/h2-4,6-7,17H,5,8-16H2,1H3,(H,26,31)(H,27,28,32). The van der Waals surface area contributed by atoms with E-state index in [2.05, 4.69) is 56.3 Å². The SMILES string of the molecule is CC(CNC(=O)CSCc1nc2sc3c(c2c(=O)[nH]1)CCC3)N1CCN(c2ccccc2)CC1. The van der Waals surface area contributed by atoms with Crippen LogP contribution in [0.3, 0.4) is 0 Å². The summed E-state index contributed by atoms with van der Waals surface area (Å²) in [5.41, 5.74) is 2.44. The Bertz CT molecular complexity index is 1200. The number of aromatic amines is 1. The molecule has 1 saturated heterocycles. The van der Waals surface area contributed by atoms with Crippen LogP contribution in [0.2, 0.25) is 0 Å². The fraction of sp³-hybridized carbons (Fsp3) is 0.480. The van der Waals surface area contributed by atoms with Crippen LogP contribution in [0.4, 0.5) is 5.69 Å². The van der Waals surface area contributed by atoms with Crippen molar-refractivity contribution in [2.24, 2.45) is 0 Å². The highest BCUT2D eigenvalue weighted by Crippen LogP contribution is 2.34. The molecule has 5 rings (SSSR count). The van der Waals surface area contributed by atoms with Crippen LogP contribution in [-0.4, -0.2) is 65.3 Å². The molecule has 3 aromatic rings. The normalized spacial score (nSPS) is 17.1. The molecule has 0 radical (unpaired) electrons. The van der Waals surface area contributed by atoms with Gasteiger partial charge in [0.15, 0.2) is 0 Å². The average molecular weight is 498 g/mol. The summed E-state index contributed by atoms with van der Waals surface area (Å²) in [6, 6.07) is 10.8. The molecule has 1 atom stereocenters. The number of aromatic nitrogens is 2. The van der Waals surface area contributed by atoms with Crippen molar-refractivity contribution >= 4 is 44.9 Å². The van der Waals surface area contributed by atoms with Crippen LogP contribution >= 0.6 is 23.1 Å². The van der Waals surface area contributed by atoms with Crippen molar-refractivity contribution in [1.82, 2.24) is 20.2 Å². The van der Waals surface area contributed by atoms with E-state index in [4.69, 9.17) is 0 Å². The van der Waals surface area contributed by atoms with Crippen LogP contribution in [0.15, 0.2) is 35.1 Å². The summed E-state index contributed by atoms with van der Waals surface area (Å²) in [7, 11) is 0. The summed E-state index contributed by atoms with van der Waals surface area (Å²) in [4.78, 5) is 39.5. The van der Waals surface area contributed by atoms with Crippen molar-refractivity contribution in [3.8, 4) is 0 Å². The number of para-hydroxylation sites is 1. The van der Waals surface area contributed by atoms with Gasteiger partial charge >= 0.3 is 0 Å². The monoisotopic (exact) mass is 497 g/mol. The quantitative estimate of drug-likeness (QED) is 0.498. The minimum Gasteiger partial charge on any atom is -0.369 e. The molecule has 2 aliphatic rings. The first-order valence-corrected chi connectivity index (χ1v) is 14.0. The molecular formula is C25H31N5O2S2. The van der Waals surface area contributed by atoms with Crippen LogP contribution in [0.5, 0.6) is 0 Å². The first kappa shape index (κ1) is 23.4. The Balaban J connectivity index is 1.04. The maximum absolute atomic E-state index is 12.6. The second-order valence-electron chi connectivity index (χ2n) is 9.05. The number of fused-ring (bicyclic) bond motifs is 3. The molecule has 1 aromatic carbocycles. The zero-order chi connectivity index (χ0) is 23.5. The molecule has 9 heteroatoms. The van der Waals surface area contributed by atoms with Crippen molar-refractivity contribution in [3.05, 3.63) is 57.0 Å². The zero-order valence-corrected chi connectivity index (χ0v) is 21.1. The molecule has 1 aliphatic heterocycles. The van der Waals surface area contributed by atoms with E-state index < -0.39 is 0 Å². The van der Waals surface area contributed by atoms with Crippen LogP contribution in [0, 0.1) is 0 Å². The smallest absolute Gasteiger partial charge is 0.259 e. The van der Waals surface area contributed by atoms with Crippen LogP contribution < -0.4 is 15.8 Å². The van der Waals surface area contributed by atoms with Gasteiger partial charge in [0, 0.05) is 49.3 Å². The van der Waals surface area contributed by atoms with E-state index in [1.807, 2.05) is 6.07 Å². The average Bonchev–Trinajstić information content (AvgIpc) is 3.44. The number of nitrogens with one attached hydrogen (secondary N) is 2. The minimum absolute atomic E-state index is 0.0262. The maximum atomic E-state index is 12.6. The molecule has 7 nitrogen and oxygen atoms in total. The summed E-state index contributed by atoms with van der Waals surface area (Å²) >= 11 is 3.14. The van der Waals surface area contributed by atoms with Gasteiger partial charge in [0.05, 0.1) is 16.9 Å². The summed E-state index contributed by atoms with van der Waals surface area (Å²) in [6.07, 6.45) is 3.17. The Morgan fingerprint density at radius 1 is 1.21 bits per heavy atom. The first-order valence-electron chi connectivity index (χ1n) is 12.0. The van der Waals surface area contributed by atoms with Crippen LogP contribution in [0.25, 0.3) is 10.2 Å². The summed E-state index contributed by atoms with van der Waals surface area (Å²) < 4.78 is 0.